The van der Waals surface area contributed by atoms with E-state index in [0.717, 1.165) is 18.9 Å². The minimum atomic E-state index is 0.530. The molecule has 0 spiro atoms. The van der Waals surface area contributed by atoms with Gasteiger partial charge in [0.05, 0.1) is 6.61 Å². The summed E-state index contributed by atoms with van der Waals surface area (Å²) in [5, 5.41) is 3.51. The molecule has 1 aromatic rings. The molecule has 1 aromatic carbocycles. The van der Waals surface area contributed by atoms with Crippen LogP contribution in [0.3, 0.4) is 0 Å². The first-order chi connectivity index (χ1) is 7.75. The number of rotatable bonds is 4. The second-order valence-corrected chi connectivity index (χ2v) is 4.93. The van der Waals surface area contributed by atoms with Gasteiger partial charge in [-0.15, -0.1) is 0 Å². The second kappa shape index (κ2) is 5.35. The van der Waals surface area contributed by atoms with Gasteiger partial charge in [0.2, 0.25) is 0 Å². The van der Waals surface area contributed by atoms with Crippen LogP contribution < -0.4 is 10.1 Å². The third kappa shape index (κ3) is 2.99. The van der Waals surface area contributed by atoms with Gasteiger partial charge in [-0.3, -0.25) is 0 Å². The molecular weight excluding hydrogens is 198 g/mol. The SMILES string of the molecule is CC(C)COc1cccc([C@@H]2CCCN2)c1. The van der Waals surface area contributed by atoms with Gasteiger partial charge in [0.25, 0.3) is 0 Å². The summed E-state index contributed by atoms with van der Waals surface area (Å²) >= 11 is 0. The fourth-order valence-electron chi connectivity index (χ4n) is 2.05. The van der Waals surface area contributed by atoms with Gasteiger partial charge in [-0.05, 0) is 43.0 Å². The highest BCUT2D eigenvalue weighted by Gasteiger charge is 2.16. The van der Waals surface area contributed by atoms with E-state index >= 15 is 0 Å². The van der Waals surface area contributed by atoms with Crippen LogP contribution in [-0.4, -0.2) is 13.2 Å². The summed E-state index contributed by atoms with van der Waals surface area (Å²) in [6.07, 6.45) is 2.52. The van der Waals surface area contributed by atoms with E-state index in [2.05, 4.69) is 37.4 Å². The van der Waals surface area contributed by atoms with Crippen LogP contribution in [0, 0.1) is 5.92 Å². The van der Waals surface area contributed by atoms with Crippen molar-refractivity contribution in [2.24, 2.45) is 5.92 Å². The van der Waals surface area contributed by atoms with E-state index in [0.29, 0.717) is 12.0 Å². The lowest BCUT2D eigenvalue weighted by atomic mass is 10.1. The Morgan fingerprint density at radius 3 is 3.00 bits per heavy atom. The largest absolute Gasteiger partial charge is 0.493 e. The molecule has 0 aromatic heterocycles. The molecule has 1 heterocycles. The van der Waals surface area contributed by atoms with E-state index in [9.17, 15) is 0 Å². The van der Waals surface area contributed by atoms with Crippen LogP contribution in [-0.2, 0) is 0 Å². The Balaban J connectivity index is 2.01. The fourth-order valence-corrected chi connectivity index (χ4v) is 2.05. The zero-order chi connectivity index (χ0) is 11.4. The van der Waals surface area contributed by atoms with Gasteiger partial charge in [-0.25, -0.2) is 0 Å². The standard InChI is InChI=1S/C14H21NO/c1-11(2)10-16-13-6-3-5-12(9-13)14-7-4-8-15-14/h3,5-6,9,11,14-15H,4,7-8,10H2,1-2H3/t14-/m0/s1. The summed E-state index contributed by atoms with van der Waals surface area (Å²) < 4.78 is 5.74. The van der Waals surface area contributed by atoms with Crippen LogP contribution >= 0.6 is 0 Å². The number of benzene rings is 1. The quantitative estimate of drug-likeness (QED) is 0.840. The predicted molar refractivity (Wildman–Crippen MR) is 66.8 cm³/mol. The first kappa shape index (κ1) is 11.5. The monoisotopic (exact) mass is 219 g/mol. The van der Waals surface area contributed by atoms with E-state index in [1.807, 2.05) is 6.07 Å². The molecule has 0 bridgehead atoms. The molecule has 0 saturated carbocycles. The minimum absolute atomic E-state index is 0.530. The van der Waals surface area contributed by atoms with E-state index in [-0.39, 0.29) is 0 Å². The second-order valence-electron chi connectivity index (χ2n) is 4.93. The Labute approximate surface area is 98.0 Å². The van der Waals surface area contributed by atoms with Crippen LogP contribution in [0.4, 0.5) is 0 Å². The fraction of sp³-hybridized carbons (Fsp3) is 0.571. The first-order valence-electron chi connectivity index (χ1n) is 6.22. The maximum Gasteiger partial charge on any atom is 0.119 e. The Morgan fingerprint density at radius 1 is 1.44 bits per heavy atom. The molecule has 1 fully saturated rings. The first-order valence-corrected chi connectivity index (χ1v) is 6.22. The average Bonchev–Trinajstić information content (AvgIpc) is 2.80. The van der Waals surface area contributed by atoms with Crippen LogP contribution in [0.5, 0.6) is 5.75 Å². The van der Waals surface area contributed by atoms with Crippen molar-refractivity contribution in [3.63, 3.8) is 0 Å². The lowest BCUT2D eigenvalue weighted by Gasteiger charge is -2.13. The van der Waals surface area contributed by atoms with Crippen molar-refractivity contribution >= 4 is 0 Å². The molecule has 1 N–H and O–H groups in total. The lowest BCUT2D eigenvalue weighted by molar-refractivity contribution is 0.270. The molecule has 0 amide bonds. The van der Waals surface area contributed by atoms with Gasteiger partial charge in [-0.1, -0.05) is 26.0 Å². The van der Waals surface area contributed by atoms with Crippen LogP contribution in [0.2, 0.25) is 0 Å². The number of hydrogen-bond acceptors (Lipinski definition) is 2. The van der Waals surface area contributed by atoms with Crippen molar-refractivity contribution in [1.29, 1.82) is 0 Å². The zero-order valence-electron chi connectivity index (χ0n) is 10.2. The Morgan fingerprint density at radius 2 is 2.31 bits per heavy atom. The van der Waals surface area contributed by atoms with E-state index in [1.54, 1.807) is 0 Å². The van der Waals surface area contributed by atoms with Crippen LogP contribution in [0.1, 0.15) is 38.3 Å². The van der Waals surface area contributed by atoms with Gasteiger partial charge in [0, 0.05) is 6.04 Å². The smallest absolute Gasteiger partial charge is 0.119 e. The Hall–Kier alpha value is -1.02. The van der Waals surface area contributed by atoms with E-state index < -0.39 is 0 Å². The van der Waals surface area contributed by atoms with Crippen LogP contribution in [0.15, 0.2) is 24.3 Å². The summed E-state index contributed by atoms with van der Waals surface area (Å²) in [4.78, 5) is 0. The molecule has 0 unspecified atom stereocenters. The summed E-state index contributed by atoms with van der Waals surface area (Å²) in [6, 6.07) is 9.02. The normalized spacial score (nSPS) is 20.3. The molecule has 88 valence electrons. The average molecular weight is 219 g/mol. The van der Waals surface area contributed by atoms with Gasteiger partial charge in [0.15, 0.2) is 0 Å². The topological polar surface area (TPSA) is 21.3 Å². The van der Waals surface area contributed by atoms with Gasteiger partial charge in [0.1, 0.15) is 5.75 Å². The highest BCUT2D eigenvalue weighted by atomic mass is 16.5. The minimum Gasteiger partial charge on any atom is -0.493 e. The number of hydrogen-bond donors (Lipinski definition) is 1. The van der Waals surface area contributed by atoms with Gasteiger partial charge < -0.3 is 10.1 Å². The third-order valence-corrected chi connectivity index (χ3v) is 2.90. The van der Waals surface area contributed by atoms with Crippen molar-refractivity contribution in [3.8, 4) is 5.75 Å². The maximum atomic E-state index is 5.74. The highest BCUT2D eigenvalue weighted by Crippen LogP contribution is 2.25. The molecule has 1 atom stereocenters. The van der Waals surface area contributed by atoms with Gasteiger partial charge in [-0.2, -0.15) is 0 Å². The molecule has 1 aliphatic rings. The third-order valence-electron chi connectivity index (χ3n) is 2.90. The van der Waals surface area contributed by atoms with Crippen molar-refractivity contribution in [2.45, 2.75) is 32.7 Å². The Kier molecular flexibility index (Phi) is 3.83. The molecule has 2 nitrogen and oxygen atoms in total. The predicted octanol–water partition coefficient (Wildman–Crippen LogP) is 3.15. The van der Waals surface area contributed by atoms with Gasteiger partial charge >= 0.3 is 0 Å². The lowest BCUT2D eigenvalue weighted by Crippen LogP contribution is -2.13. The summed E-state index contributed by atoms with van der Waals surface area (Å²) in [7, 11) is 0. The number of ether oxygens (including phenoxy) is 1. The van der Waals surface area contributed by atoms with Crippen molar-refractivity contribution in [2.75, 3.05) is 13.2 Å². The summed E-state index contributed by atoms with van der Waals surface area (Å²) in [5.74, 6) is 1.58. The summed E-state index contributed by atoms with van der Waals surface area (Å²) in [6.45, 7) is 6.27. The molecule has 0 aliphatic carbocycles. The molecule has 1 aliphatic heterocycles. The molecule has 1 saturated heterocycles. The van der Waals surface area contributed by atoms with Crippen molar-refractivity contribution in [1.82, 2.24) is 5.32 Å². The Bertz CT molecular complexity index is 329. The van der Waals surface area contributed by atoms with E-state index in [4.69, 9.17) is 4.74 Å². The van der Waals surface area contributed by atoms with E-state index in [1.165, 1.54) is 18.4 Å². The molecule has 2 rings (SSSR count). The van der Waals surface area contributed by atoms with Crippen LogP contribution in [0.25, 0.3) is 0 Å². The highest BCUT2D eigenvalue weighted by molar-refractivity contribution is 5.31. The van der Waals surface area contributed by atoms with Crippen molar-refractivity contribution in [3.05, 3.63) is 29.8 Å². The number of nitrogens with one attached hydrogen (secondary N) is 1. The summed E-state index contributed by atoms with van der Waals surface area (Å²) in [5.41, 5.74) is 1.36. The molecule has 2 heteroatoms. The zero-order valence-corrected chi connectivity index (χ0v) is 10.2. The molecular formula is C14H21NO. The molecule has 0 radical (unpaired) electrons. The molecule has 16 heavy (non-hydrogen) atoms. The van der Waals surface area contributed by atoms with Crippen molar-refractivity contribution < 1.29 is 4.74 Å². The maximum absolute atomic E-state index is 5.74.